The molecule has 3 rings (SSSR count). The third kappa shape index (κ3) is 3.40. The first-order valence-corrected chi connectivity index (χ1v) is 8.70. The molecule has 0 fully saturated rings. The maximum absolute atomic E-state index is 12.5. The van der Waals surface area contributed by atoms with Crippen molar-refractivity contribution in [3.8, 4) is 6.01 Å². The molecule has 6 heteroatoms. The van der Waals surface area contributed by atoms with Crippen LogP contribution in [0.15, 0.2) is 44.3 Å². The van der Waals surface area contributed by atoms with Gasteiger partial charge in [0.2, 0.25) is 5.71 Å². The second-order valence-electron chi connectivity index (χ2n) is 6.63. The summed E-state index contributed by atoms with van der Waals surface area (Å²) < 4.78 is 11.1. The summed E-state index contributed by atoms with van der Waals surface area (Å²) in [5, 5.41) is 0.288. The minimum atomic E-state index is -0.530. The summed E-state index contributed by atoms with van der Waals surface area (Å²) in [7, 11) is 0. The predicted octanol–water partition coefficient (Wildman–Crippen LogP) is 3.52. The molecule has 0 radical (unpaired) electrons. The molecule has 1 N–H and O–H groups in total. The highest BCUT2D eigenvalue weighted by atomic mass is 16.5. The van der Waals surface area contributed by atoms with Crippen molar-refractivity contribution in [2.75, 3.05) is 0 Å². The maximum atomic E-state index is 12.5. The Bertz CT molecular complexity index is 1050. The van der Waals surface area contributed by atoms with Gasteiger partial charge in [-0.25, -0.2) is 4.79 Å². The van der Waals surface area contributed by atoms with E-state index >= 15 is 0 Å². The average Bonchev–Trinajstić information content (AvgIpc) is 2.59. The van der Waals surface area contributed by atoms with Gasteiger partial charge >= 0.3 is 5.63 Å². The normalized spacial score (nSPS) is 12.5. The molecule has 3 aromatic rings. The minimum Gasteiger partial charge on any atom is -0.456 e. The van der Waals surface area contributed by atoms with Crippen molar-refractivity contribution in [1.82, 2.24) is 9.97 Å². The third-order valence-corrected chi connectivity index (χ3v) is 4.39. The number of rotatable bonds is 5. The first-order valence-electron chi connectivity index (χ1n) is 8.70. The van der Waals surface area contributed by atoms with Crippen LogP contribution < -0.4 is 15.9 Å². The molecule has 0 saturated heterocycles. The smallest absolute Gasteiger partial charge is 0.337 e. The lowest BCUT2D eigenvalue weighted by molar-refractivity contribution is 0.138. The summed E-state index contributed by atoms with van der Waals surface area (Å²) in [4.78, 5) is 31.1. The van der Waals surface area contributed by atoms with Crippen molar-refractivity contribution in [3.05, 3.63) is 67.8 Å². The van der Waals surface area contributed by atoms with Crippen molar-refractivity contribution >= 4 is 11.1 Å². The van der Waals surface area contributed by atoms with Crippen LogP contribution in [-0.2, 0) is 6.42 Å². The van der Waals surface area contributed by atoms with Crippen LogP contribution in [0.2, 0.25) is 0 Å². The Hall–Kier alpha value is -2.89. The van der Waals surface area contributed by atoms with E-state index in [-0.39, 0.29) is 34.7 Å². The quantitative estimate of drug-likeness (QED) is 0.758. The number of nitrogens with zero attached hydrogens (tertiary/aromatic N) is 1. The average molecular weight is 354 g/mol. The Morgan fingerprint density at radius 1 is 1.23 bits per heavy atom. The molecule has 0 bridgehead atoms. The van der Waals surface area contributed by atoms with Crippen molar-refractivity contribution in [3.63, 3.8) is 0 Å². The summed E-state index contributed by atoms with van der Waals surface area (Å²) in [5.41, 5.74) is 1.81. The highest BCUT2D eigenvalue weighted by Crippen LogP contribution is 2.29. The van der Waals surface area contributed by atoms with Crippen molar-refractivity contribution in [2.45, 2.75) is 40.2 Å². The molecule has 2 heterocycles. The van der Waals surface area contributed by atoms with E-state index in [9.17, 15) is 9.59 Å². The van der Waals surface area contributed by atoms with E-state index in [2.05, 4.69) is 9.97 Å². The molecule has 0 saturated carbocycles. The minimum absolute atomic E-state index is 0.000361. The van der Waals surface area contributed by atoms with Crippen molar-refractivity contribution in [2.24, 2.45) is 5.92 Å². The zero-order chi connectivity index (χ0) is 18.8. The highest BCUT2D eigenvalue weighted by Gasteiger charge is 2.22. The fourth-order valence-corrected chi connectivity index (χ4v) is 3.05. The molecule has 6 nitrogen and oxygen atoms in total. The van der Waals surface area contributed by atoms with Crippen molar-refractivity contribution in [1.29, 1.82) is 0 Å². The van der Waals surface area contributed by atoms with Gasteiger partial charge < -0.3 is 9.15 Å². The van der Waals surface area contributed by atoms with Crippen LogP contribution in [0, 0.1) is 12.8 Å². The molecule has 0 unspecified atom stereocenters. The molecule has 0 spiro atoms. The van der Waals surface area contributed by atoms with Gasteiger partial charge in [-0.05, 0) is 36.0 Å². The standard InChI is InChI=1S/C20H22N2O4/c1-5-13-10-15(23)25-19-16(13)18(24)21-20(22-19)26-17(11(2)3)14-9-7-6-8-12(14)4/h6-11,17H,5H2,1-4H3,(H,21,22,24)/t17-/m0/s1. The zero-order valence-corrected chi connectivity index (χ0v) is 15.3. The number of aromatic amines is 1. The lowest BCUT2D eigenvalue weighted by Gasteiger charge is -2.23. The summed E-state index contributed by atoms with van der Waals surface area (Å²) >= 11 is 0. The second kappa shape index (κ2) is 7.15. The first-order chi connectivity index (χ1) is 12.4. The number of aromatic nitrogens is 2. The third-order valence-electron chi connectivity index (χ3n) is 4.39. The van der Waals surface area contributed by atoms with Crippen LogP contribution in [0.4, 0.5) is 0 Å². The van der Waals surface area contributed by atoms with Gasteiger partial charge in [-0.3, -0.25) is 9.78 Å². The van der Waals surface area contributed by atoms with Crippen LogP contribution >= 0.6 is 0 Å². The SMILES string of the molecule is CCc1cc(=O)oc2nc(O[C@H](c3ccccc3C)C(C)C)[nH]c(=O)c12. The van der Waals surface area contributed by atoms with Gasteiger partial charge in [-0.15, -0.1) is 0 Å². The molecular weight excluding hydrogens is 332 g/mol. The van der Waals surface area contributed by atoms with Gasteiger partial charge in [0.05, 0.1) is 0 Å². The second-order valence-corrected chi connectivity index (χ2v) is 6.63. The molecule has 0 aliphatic rings. The largest absolute Gasteiger partial charge is 0.456 e. The number of aryl methyl sites for hydroxylation is 2. The van der Waals surface area contributed by atoms with E-state index in [1.54, 1.807) is 0 Å². The monoisotopic (exact) mass is 354 g/mol. The molecular formula is C20H22N2O4. The van der Waals surface area contributed by atoms with Crippen molar-refractivity contribution < 1.29 is 9.15 Å². The Morgan fingerprint density at radius 3 is 2.62 bits per heavy atom. The van der Waals surface area contributed by atoms with Crippen LogP contribution in [0.3, 0.4) is 0 Å². The van der Waals surface area contributed by atoms with E-state index in [0.29, 0.717) is 12.0 Å². The molecule has 0 aliphatic carbocycles. The van der Waals surface area contributed by atoms with E-state index in [4.69, 9.17) is 9.15 Å². The number of hydrogen-bond donors (Lipinski definition) is 1. The topological polar surface area (TPSA) is 85.2 Å². The molecule has 26 heavy (non-hydrogen) atoms. The molecule has 1 aromatic carbocycles. The Kier molecular flexibility index (Phi) is 4.93. The van der Waals surface area contributed by atoms with Crippen LogP contribution in [-0.4, -0.2) is 9.97 Å². The van der Waals surface area contributed by atoms with Crippen LogP contribution in [0.5, 0.6) is 6.01 Å². The predicted molar refractivity (Wildman–Crippen MR) is 99.7 cm³/mol. The zero-order valence-electron chi connectivity index (χ0n) is 15.3. The summed E-state index contributed by atoms with van der Waals surface area (Å²) in [6.07, 6.45) is 0.239. The van der Waals surface area contributed by atoms with Gasteiger partial charge in [0, 0.05) is 6.07 Å². The van der Waals surface area contributed by atoms with E-state index in [0.717, 1.165) is 11.1 Å². The number of H-pyrrole nitrogens is 1. The number of nitrogens with one attached hydrogen (secondary N) is 1. The Labute approximate surface area is 150 Å². The number of hydrogen-bond acceptors (Lipinski definition) is 5. The molecule has 0 amide bonds. The number of benzene rings is 1. The molecule has 1 atom stereocenters. The molecule has 2 aromatic heterocycles. The summed E-state index contributed by atoms with van der Waals surface area (Å²) in [6.45, 7) is 7.94. The lowest BCUT2D eigenvalue weighted by Crippen LogP contribution is -2.20. The Morgan fingerprint density at radius 2 is 1.96 bits per heavy atom. The van der Waals surface area contributed by atoms with E-state index < -0.39 is 5.63 Å². The van der Waals surface area contributed by atoms with Gasteiger partial charge in [-0.2, -0.15) is 4.98 Å². The van der Waals surface area contributed by atoms with Gasteiger partial charge in [0.15, 0.2) is 0 Å². The fourth-order valence-electron chi connectivity index (χ4n) is 3.05. The molecule has 0 aliphatic heterocycles. The first kappa shape index (κ1) is 17.9. The van der Waals surface area contributed by atoms with Gasteiger partial charge in [0.1, 0.15) is 11.5 Å². The summed E-state index contributed by atoms with van der Waals surface area (Å²) in [6, 6.07) is 9.29. The van der Waals surface area contributed by atoms with E-state index in [1.807, 2.05) is 52.0 Å². The Balaban J connectivity index is 2.09. The number of fused-ring (bicyclic) bond motifs is 1. The van der Waals surface area contributed by atoms with E-state index in [1.165, 1.54) is 6.07 Å². The lowest BCUT2D eigenvalue weighted by atomic mass is 9.95. The van der Waals surface area contributed by atoms with Gasteiger partial charge in [0.25, 0.3) is 11.6 Å². The summed E-state index contributed by atoms with van der Waals surface area (Å²) in [5.74, 6) is 0.145. The van der Waals surface area contributed by atoms with Gasteiger partial charge in [-0.1, -0.05) is 45.0 Å². The van der Waals surface area contributed by atoms with Crippen LogP contribution in [0.1, 0.15) is 43.6 Å². The van der Waals surface area contributed by atoms with Crippen LogP contribution in [0.25, 0.3) is 11.1 Å². The molecule has 136 valence electrons. The maximum Gasteiger partial charge on any atom is 0.337 e. The highest BCUT2D eigenvalue weighted by molar-refractivity contribution is 5.75. The fraction of sp³-hybridized carbons (Fsp3) is 0.350. The number of ether oxygens (including phenoxy) is 1.